The maximum atomic E-state index is 11.9. The Morgan fingerprint density at radius 2 is 1.96 bits per heavy atom. The van der Waals surface area contributed by atoms with Crippen LogP contribution in [0, 0.1) is 23.2 Å². The normalized spacial score (nSPS) is 36.6. The van der Waals surface area contributed by atoms with Crippen molar-refractivity contribution in [2.75, 3.05) is 0 Å². The number of phenols is 1. The van der Waals surface area contributed by atoms with Crippen molar-refractivity contribution in [3.05, 3.63) is 29.3 Å². The Labute approximate surface area is 145 Å². The number of primary amides is 1. The van der Waals surface area contributed by atoms with Gasteiger partial charge in [-0.2, -0.15) is 0 Å². The highest BCUT2D eigenvalue weighted by atomic mass is 16.3. The van der Waals surface area contributed by atoms with Gasteiger partial charge in [0, 0.05) is 5.92 Å². The fourth-order valence-electron chi connectivity index (χ4n) is 6.04. The minimum Gasteiger partial charge on any atom is -0.508 e. The molecule has 24 heavy (non-hydrogen) atoms. The smallest absolute Gasteiger partial charge is 0.221 e. The summed E-state index contributed by atoms with van der Waals surface area (Å²) in [6.07, 6.45) is 6.62. The van der Waals surface area contributed by atoms with Crippen LogP contribution < -0.4 is 5.73 Å². The molecular formula is C21H31NO2. The summed E-state index contributed by atoms with van der Waals surface area (Å²) in [6.45, 7) is 6.31. The Bertz CT molecular complexity index is 626. The number of amides is 1. The SMILES string of the molecule is CC.C[C@]12CCC3c4ccc(O)cc4CCC3C1CCC2C(N)=O. The van der Waals surface area contributed by atoms with Gasteiger partial charge in [-0.1, -0.05) is 26.8 Å². The molecular weight excluding hydrogens is 298 g/mol. The highest BCUT2D eigenvalue weighted by Crippen LogP contribution is 2.62. The minimum atomic E-state index is -0.0930. The molecule has 0 aliphatic heterocycles. The first-order valence-electron chi connectivity index (χ1n) is 9.62. The third kappa shape index (κ3) is 2.53. The maximum Gasteiger partial charge on any atom is 0.221 e. The molecule has 3 heteroatoms. The molecule has 1 aromatic carbocycles. The van der Waals surface area contributed by atoms with Gasteiger partial charge in [0.15, 0.2) is 0 Å². The van der Waals surface area contributed by atoms with E-state index in [0.29, 0.717) is 23.5 Å². The molecule has 0 spiro atoms. The molecule has 1 amide bonds. The molecule has 0 aromatic heterocycles. The largest absolute Gasteiger partial charge is 0.508 e. The molecule has 3 aliphatic carbocycles. The van der Waals surface area contributed by atoms with Gasteiger partial charge < -0.3 is 10.8 Å². The highest BCUT2D eigenvalue weighted by molar-refractivity contribution is 5.78. The van der Waals surface area contributed by atoms with Crippen molar-refractivity contribution in [1.29, 1.82) is 0 Å². The zero-order chi connectivity index (χ0) is 17.5. The average molecular weight is 329 g/mol. The Morgan fingerprint density at radius 1 is 1.21 bits per heavy atom. The third-order valence-corrected chi connectivity index (χ3v) is 7.05. The van der Waals surface area contributed by atoms with Crippen LogP contribution in [0.5, 0.6) is 5.75 Å². The van der Waals surface area contributed by atoms with Gasteiger partial charge in [-0.05, 0) is 85.0 Å². The summed E-state index contributed by atoms with van der Waals surface area (Å²) >= 11 is 0. The maximum absolute atomic E-state index is 11.9. The molecule has 0 bridgehead atoms. The second-order valence-corrected chi connectivity index (χ2v) is 7.88. The zero-order valence-electron chi connectivity index (χ0n) is 15.2. The van der Waals surface area contributed by atoms with Crippen molar-refractivity contribution in [2.24, 2.45) is 28.9 Å². The number of benzene rings is 1. The number of carbonyl (C=O) groups is 1. The molecule has 3 nitrogen and oxygen atoms in total. The van der Waals surface area contributed by atoms with Crippen molar-refractivity contribution in [3.63, 3.8) is 0 Å². The minimum absolute atomic E-state index is 0.0691. The standard InChI is InChI=1S/C19H25NO2.C2H6/c1-19-9-8-14-13-5-3-12(21)10-11(13)2-4-15(14)16(19)6-7-17(19)18(20)22;1-2/h3,5,10,14-17,21H,2,4,6-9H2,1H3,(H2,20,22);1-2H3/t14?,15?,16?,17?,19-;/m0./s1. The van der Waals surface area contributed by atoms with E-state index >= 15 is 0 Å². The van der Waals surface area contributed by atoms with E-state index in [1.54, 1.807) is 0 Å². The molecule has 3 N–H and O–H groups in total. The number of carbonyl (C=O) groups excluding carboxylic acids is 1. The third-order valence-electron chi connectivity index (χ3n) is 7.05. The molecule has 0 radical (unpaired) electrons. The van der Waals surface area contributed by atoms with Crippen LogP contribution in [0.1, 0.15) is 69.9 Å². The topological polar surface area (TPSA) is 63.3 Å². The van der Waals surface area contributed by atoms with Gasteiger partial charge in [-0.25, -0.2) is 0 Å². The van der Waals surface area contributed by atoms with Crippen LogP contribution in [0.4, 0.5) is 0 Å². The van der Waals surface area contributed by atoms with E-state index in [2.05, 4.69) is 13.0 Å². The van der Waals surface area contributed by atoms with Crippen molar-refractivity contribution >= 4 is 5.91 Å². The summed E-state index contributed by atoms with van der Waals surface area (Å²) in [5, 5.41) is 9.72. The predicted octanol–water partition coefficient (Wildman–Crippen LogP) is 4.38. The highest BCUT2D eigenvalue weighted by Gasteiger charge is 2.56. The van der Waals surface area contributed by atoms with Gasteiger partial charge in [0.25, 0.3) is 0 Å². The van der Waals surface area contributed by atoms with Gasteiger partial charge in [0.05, 0.1) is 0 Å². The molecule has 5 atom stereocenters. The van der Waals surface area contributed by atoms with Crippen LogP contribution in [-0.2, 0) is 11.2 Å². The summed E-state index contributed by atoms with van der Waals surface area (Å²) in [5.74, 6) is 2.27. The van der Waals surface area contributed by atoms with Crippen molar-refractivity contribution in [1.82, 2.24) is 0 Å². The lowest BCUT2D eigenvalue weighted by Gasteiger charge is -2.50. The van der Waals surface area contributed by atoms with E-state index in [1.807, 2.05) is 26.0 Å². The lowest BCUT2D eigenvalue weighted by atomic mass is 9.54. The summed E-state index contributed by atoms with van der Waals surface area (Å²) in [5.41, 5.74) is 8.57. The predicted molar refractivity (Wildman–Crippen MR) is 96.8 cm³/mol. The Morgan fingerprint density at radius 3 is 2.67 bits per heavy atom. The van der Waals surface area contributed by atoms with Crippen molar-refractivity contribution in [3.8, 4) is 5.75 Å². The quantitative estimate of drug-likeness (QED) is 0.803. The lowest BCUT2D eigenvalue weighted by molar-refractivity contribution is -0.126. The second kappa shape index (κ2) is 6.42. The second-order valence-electron chi connectivity index (χ2n) is 7.88. The van der Waals surface area contributed by atoms with Gasteiger partial charge in [0.1, 0.15) is 5.75 Å². The van der Waals surface area contributed by atoms with Gasteiger partial charge in [-0.15, -0.1) is 0 Å². The van der Waals surface area contributed by atoms with Crippen LogP contribution in [0.2, 0.25) is 0 Å². The van der Waals surface area contributed by atoms with Gasteiger partial charge in [-0.3, -0.25) is 4.79 Å². The first-order valence-corrected chi connectivity index (χ1v) is 9.62. The number of hydrogen-bond acceptors (Lipinski definition) is 2. The molecule has 3 aliphatic rings. The monoisotopic (exact) mass is 329 g/mol. The first kappa shape index (κ1) is 17.3. The molecule has 0 saturated heterocycles. The molecule has 4 rings (SSSR count). The number of phenolic OH excluding ortho intramolecular Hbond substituents is 1. The zero-order valence-corrected chi connectivity index (χ0v) is 15.2. The summed E-state index contributed by atoms with van der Waals surface area (Å²) < 4.78 is 0. The Kier molecular flexibility index (Phi) is 4.63. The fraction of sp³-hybridized carbons (Fsp3) is 0.667. The molecule has 1 aromatic rings. The van der Waals surface area contributed by atoms with E-state index in [0.717, 1.165) is 32.1 Å². The van der Waals surface area contributed by atoms with E-state index in [4.69, 9.17) is 5.73 Å². The van der Waals surface area contributed by atoms with Crippen LogP contribution >= 0.6 is 0 Å². The van der Waals surface area contributed by atoms with Crippen LogP contribution in [0.15, 0.2) is 18.2 Å². The Hall–Kier alpha value is -1.51. The van der Waals surface area contributed by atoms with Crippen LogP contribution in [0.25, 0.3) is 0 Å². The summed E-state index contributed by atoms with van der Waals surface area (Å²) in [7, 11) is 0. The van der Waals surface area contributed by atoms with E-state index in [-0.39, 0.29) is 17.2 Å². The van der Waals surface area contributed by atoms with Crippen molar-refractivity contribution in [2.45, 2.75) is 65.2 Å². The van der Waals surface area contributed by atoms with E-state index < -0.39 is 0 Å². The number of aryl methyl sites for hydroxylation is 1. The average Bonchev–Trinajstić information content (AvgIpc) is 2.93. The van der Waals surface area contributed by atoms with Crippen LogP contribution in [-0.4, -0.2) is 11.0 Å². The lowest BCUT2D eigenvalue weighted by Crippen LogP contribution is -2.45. The molecule has 0 heterocycles. The molecule has 132 valence electrons. The van der Waals surface area contributed by atoms with Crippen LogP contribution in [0.3, 0.4) is 0 Å². The van der Waals surface area contributed by atoms with E-state index in [9.17, 15) is 9.90 Å². The number of fused-ring (bicyclic) bond motifs is 5. The van der Waals surface area contributed by atoms with Gasteiger partial charge >= 0.3 is 0 Å². The first-order chi connectivity index (χ1) is 11.5. The molecule has 4 unspecified atom stereocenters. The molecule has 2 saturated carbocycles. The number of nitrogens with two attached hydrogens (primary N) is 1. The summed E-state index contributed by atoms with van der Waals surface area (Å²) in [4.78, 5) is 11.9. The van der Waals surface area contributed by atoms with Crippen molar-refractivity contribution < 1.29 is 9.90 Å². The number of rotatable bonds is 1. The molecule has 2 fully saturated rings. The number of aromatic hydroxyl groups is 1. The van der Waals surface area contributed by atoms with Gasteiger partial charge in [0.2, 0.25) is 5.91 Å². The summed E-state index contributed by atoms with van der Waals surface area (Å²) in [6, 6.07) is 5.90. The number of hydrogen-bond donors (Lipinski definition) is 2. The van der Waals surface area contributed by atoms with E-state index in [1.165, 1.54) is 17.5 Å². The Balaban J connectivity index is 0.000000815. The fourth-order valence-corrected chi connectivity index (χ4v) is 6.04.